The Labute approximate surface area is 163 Å². The summed E-state index contributed by atoms with van der Waals surface area (Å²) in [6.07, 6.45) is 3.11. The lowest BCUT2D eigenvalue weighted by Gasteiger charge is -2.33. The first-order valence-electron chi connectivity index (χ1n) is 8.78. The highest BCUT2D eigenvalue weighted by atomic mass is 32.2. The number of carbonyl (C=O) groups is 1. The van der Waals surface area contributed by atoms with Gasteiger partial charge in [0.05, 0.1) is 7.11 Å². The SMILES string of the molecule is COc1ccccc1C=CC(=O)N1CCN(S(=O)(=O)c2ccccc2F)CC1. The zero-order chi connectivity index (χ0) is 20.1. The predicted octanol–water partition coefficient (Wildman–Crippen LogP) is 2.38. The van der Waals surface area contributed by atoms with Crippen LogP contribution in [0.3, 0.4) is 0 Å². The lowest BCUT2D eigenvalue weighted by Crippen LogP contribution is -2.50. The van der Waals surface area contributed by atoms with Crippen molar-refractivity contribution in [1.82, 2.24) is 9.21 Å². The summed E-state index contributed by atoms with van der Waals surface area (Å²) in [6.45, 7) is 0.710. The maximum atomic E-state index is 13.9. The monoisotopic (exact) mass is 404 g/mol. The largest absolute Gasteiger partial charge is 0.496 e. The van der Waals surface area contributed by atoms with Crippen molar-refractivity contribution in [2.24, 2.45) is 0 Å². The molecule has 1 fully saturated rings. The van der Waals surface area contributed by atoms with E-state index in [0.29, 0.717) is 5.75 Å². The number of hydrogen-bond donors (Lipinski definition) is 0. The summed E-state index contributed by atoms with van der Waals surface area (Å²) in [5, 5.41) is 0. The van der Waals surface area contributed by atoms with Crippen LogP contribution in [0.1, 0.15) is 5.56 Å². The Bertz CT molecular complexity index is 983. The highest BCUT2D eigenvalue weighted by Gasteiger charge is 2.31. The van der Waals surface area contributed by atoms with Crippen molar-refractivity contribution >= 4 is 22.0 Å². The molecule has 1 heterocycles. The summed E-state index contributed by atoms with van der Waals surface area (Å²) < 4.78 is 45.6. The molecule has 0 N–H and O–H groups in total. The Morgan fingerprint density at radius 1 is 1.04 bits per heavy atom. The Balaban J connectivity index is 1.64. The summed E-state index contributed by atoms with van der Waals surface area (Å²) in [6, 6.07) is 12.6. The van der Waals surface area contributed by atoms with Crippen LogP contribution in [-0.2, 0) is 14.8 Å². The number of rotatable bonds is 5. The van der Waals surface area contributed by atoms with Gasteiger partial charge in [-0.25, -0.2) is 12.8 Å². The minimum atomic E-state index is -3.92. The molecule has 1 amide bonds. The van der Waals surface area contributed by atoms with Crippen LogP contribution in [0.5, 0.6) is 5.75 Å². The second kappa shape index (κ2) is 8.53. The standard InChI is InChI=1S/C20H21FN2O4S/c1-27-18-8-4-2-6-16(18)10-11-20(24)22-12-14-23(15-13-22)28(25,26)19-9-5-3-7-17(19)21/h2-11H,12-15H2,1H3. The van der Waals surface area contributed by atoms with Crippen molar-refractivity contribution in [2.75, 3.05) is 33.3 Å². The van der Waals surface area contributed by atoms with E-state index in [0.717, 1.165) is 11.6 Å². The fourth-order valence-electron chi connectivity index (χ4n) is 3.01. The van der Waals surface area contributed by atoms with E-state index in [1.54, 1.807) is 24.2 Å². The number of halogens is 1. The number of nitrogens with zero attached hydrogens (tertiary/aromatic N) is 2. The van der Waals surface area contributed by atoms with Crippen LogP contribution in [0.15, 0.2) is 59.5 Å². The third-order valence-electron chi connectivity index (χ3n) is 4.55. The van der Waals surface area contributed by atoms with Crippen LogP contribution < -0.4 is 4.74 Å². The molecule has 2 aromatic rings. The van der Waals surface area contributed by atoms with Crippen LogP contribution >= 0.6 is 0 Å². The zero-order valence-electron chi connectivity index (χ0n) is 15.4. The summed E-state index contributed by atoms with van der Waals surface area (Å²) in [7, 11) is -2.36. The lowest BCUT2D eigenvalue weighted by atomic mass is 10.2. The molecule has 8 heteroatoms. The number of benzene rings is 2. The normalized spacial score (nSPS) is 15.7. The average Bonchev–Trinajstić information content (AvgIpc) is 2.72. The van der Waals surface area contributed by atoms with E-state index < -0.39 is 15.8 Å². The van der Waals surface area contributed by atoms with Gasteiger partial charge in [0.15, 0.2) is 0 Å². The first-order valence-corrected chi connectivity index (χ1v) is 10.2. The van der Waals surface area contributed by atoms with E-state index in [2.05, 4.69) is 0 Å². The van der Waals surface area contributed by atoms with Gasteiger partial charge >= 0.3 is 0 Å². The van der Waals surface area contributed by atoms with E-state index in [9.17, 15) is 17.6 Å². The van der Waals surface area contributed by atoms with Gasteiger partial charge in [0, 0.05) is 37.8 Å². The fraction of sp³-hybridized carbons (Fsp3) is 0.250. The molecule has 28 heavy (non-hydrogen) atoms. The first kappa shape index (κ1) is 20.0. The predicted molar refractivity (Wildman–Crippen MR) is 104 cm³/mol. The van der Waals surface area contributed by atoms with Crippen molar-refractivity contribution in [3.63, 3.8) is 0 Å². The fourth-order valence-corrected chi connectivity index (χ4v) is 4.50. The van der Waals surface area contributed by atoms with Crippen molar-refractivity contribution in [3.05, 3.63) is 66.0 Å². The van der Waals surface area contributed by atoms with Crippen LogP contribution in [0.4, 0.5) is 4.39 Å². The van der Waals surface area contributed by atoms with E-state index in [4.69, 9.17) is 4.74 Å². The Morgan fingerprint density at radius 3 is 2.36 bits per heavy atom. The van der Waals surface area contributed by atoms with Gasteiger partial charge in [-0.2, -0.15) is 4.31 Å². The molecule has 3 rings (SSSR count). The number of methoxy groups -OCH3 is 1. The highest BCUT2D eigenvalue weighted by molar-refractivity contribution is 7.89. The molecule has 0 unspecified atom stereocenters. The summed E-state index contributed by atoms with van der Waals surface area (Å²) >= 11 is 0. The topological polar surface area (TPSA) is 66.9 Å². The maximum absolute atomic E-state index is 13.9. The minimum Gasteiger partial charge on any atom is -0.496 e. The molecular formula is C20H21FN2O4S. The minimum absolute atomic E-state index is 0.116. The Morgan fingerprint density at radius 2 is 1.68 bits per heavy atom. The zero-order valence-corrected chi connectivity index (χ0v) is 16.2. The van der Waals surface area contributed by atoms with Gasteiger partial charge in [0.25, 0.3) is 0 Å². The number of carbonyl (C=O) groups excluding carboxylic acids is 1. The summed E-state index contributed by atoms with van der Waals surface area (Å²) in [5.41, 5.74) is 0.777. The van der Waals surface area contributed by atoms with E-state index in [1.807, 2.05) is 18.2 Å². The van der Waals surface area contributed by atoms with E-state index in [-0.39, 0.29) is 37.0 Å². The molecular weight excluding hydrogens is 383 g/mol. The maximum Gasteiger partial charge on any atom is 0.246 e. The molecule has 0 atom stereocenters. The number of hydrogen-bond acceptors (Lipinski definition) is 4. The molecule has 0 aliphatic carbocycles. The molecule has 1 aliphatic heterocycles. The number of ether oxygens (including phenoxy) is 1. The van der Waals surface area contributed by atoms with Crippen LogP contribution in [0, 0.1) is 5.82 Å². The molecule has 1 aliphatic rings. The third kappa shape index (κ3) is 4.23. The number of amides is 1. The van der Waals surface area contributed by atoms with Gasteiger partial charge in [-0.05, 0) is 24.3 Å². The van der Waals surface area contributed by atoms with E-state index >= 15 is 0 Å². The highest BCUT2D eigenvalue weighted by Crippen LogP contribution is 2.21. The molecule has 6 nitrogen and oxygen atoms in total. The Hall–Kier alpha value is -2.71. The molecule has 148 valence electrons. The summed E-state index contributed by atoms with van der Waals surface area (Å²) in [4.78, 5) is 13.6. The van der Waals surface area contributed by atoms with Crippen molar-refractivity contribution < 1.29 is 22.3 Å². The molecule has 0 spiro atoms. The molecule has 0 radical (unpaired) electrons. The van der Waals surface area contributed by atoms with Crippen LogP contribution in [0.2, 0.25) is 0 Å². The van der Waals surface area contributed by atoms with Crippen molar-refractivity contribution in [2.45, 2.75) is 4.90 Å². The molecule has 0 aromatic heterocycles. The molecule has 2 aromatic carbocycles. The quantitative estimate of drug-likeness (QED) is 0.718. The van der Waals surface area contributed by atoms with E-state index in [1.165, 1.54) is 28.6 Å². The second-order valence-corrected chi connectivity index (χ2v) is 8.14. The average molecular weight is 404 g/mol. The van der Waals surface area contributed by atoms with Crippen molar-refractivity contribution in [1.29, 1.82) is 0 Å². The van der Waals surface area contributed by atoms with Gasteiger partial charge in [-0.1, -0.05) is 30.3 Å². The Kier molecular flexibility index (Phi) is 6.11. The van der Waals surface area contributed by atoms with Crippen molar-refractivity contribution in [3.8, 4) is 5.75 Å². The smallest absolute Gasteiger partial charge is 0.246 e. The summed E-state index contributed by atoms with van der Waals surface area (Å²) in [5.74, 6) is -0.332. The number of sulfonamides is 1. The van der Waals surface area contributed by atoms with Crippen LogP contribution in [-0.4, -0.2) is 56.8 Å². The molecule has 0 saturated carbocycles. The van der Waals surface area contributed by atoms with Gasteiger partial charge < -0.3 is 9.64 Å². The van der Waals surface area contributed by atoms with Gasteiger partial charge in [0.2, 0.25) is 15.9 Å². The number of piperazine rings is 1. The lowest BCUT2D eigenvalue weighted by molar-refractivity contribution is -0.127. The van der Waals surface area contributed by atoms with Gasteiger partial charge in [0.1, 0.15) is 16.5 Å². The second-order valence-electron chi connectivity index (χ2n) is 6.24. The first-order chi connectivity index (χ1) is 13.4. The van der Waals surface area contributed by atoms with Gasteiger partial charge in [-0.3, -0.25) is 4.79 Å². The molecule has 1 saturated heterocycles. The van der Waals surface area contributed by atoms with Gasteiger partial charge in [-0.15, -0.1) is 0 Å². The van der Waals surface area contributed by atoms with Crippen LogP contribution in [0.25, 0.3) is 6.08 Å². The third-order valence-corrected chi connectivity index (χ3v) is 6.48. The number of para-hydroxylation sites is 1. The molecule has 0 bridgehead atoms.